The zero-order valence-electron chi connectivity index (χ0n) is 21.1. The number of anilines is 2. The number of nitrogens with two attached hydrogens (primary N) is 2. The molecular formula is C27H33ClN6O2S. The number of nitrogens with zero attached hydrogens (tertiary/aromatic N) is 3. The number of nitrogen functional groups attached to an aromatic ring is 1. The minimum absolute atomic E-state index is 0.134. The van der Waals surface area contributed by atoms with E-state index in [1.165, 1.54) is 0 Å². The summed E-state index contributed by atoms with van der Waals surface area (Å²) in [5.41, 5.74) is 16.7. The van der Waals surface area contributed by atoms with E-state index >= 15 is 0 Å². The van der Waals surface area contributed by atoms with E-state index in [0.29, 0.717) is 22.0 Å². The molecule has 0 atom stereocenters. The van der Waals surface area contributed by atoms with Gasteiger partial charge in [0.15, 0.2) is 5.96 Å². The first-order valence-corrected chi connectivity index (χ1v) is 13.2. The number of aliphatic imine (C=N–C) groups is 1. The third kappa shape index (κ3) is 7.53. The molecule has 1 aliphatic rings. The number of aryl methyl sites for hydroxylation is 1. The normalized spacial score (nSPS) is 14.8. The number of phenolic OH excluding ortho intramolecular Hbond substituents is 1. The van der Waals surface area contributed by atoms with Gasteiger partial charge in [-0.25, -0.2) is 9.30 Å². The van der Waals surface area contributed by atoms with E-state index < -0.39 is 0 Å². The highest BCUT2D eigenvalue weighted by molar-refractivity contribution is 7.97. The number of ether oxygens (including phenoxy) is 1. The molecule has 3 aromatic carbocycles. The molecule has 6 N–H and O–H groups in total. The molecule has 196 valence electrons. The lowest BCUT2D eigenvalue weighted by Crippen LogP contribution is -2.39. The Morgan fingerprint density at radius 3 is 2.59 bits per heavy atom. The number of phenols is 1. The van der Waals surface area contributed by atoms with Crippen molar-refractivity contribution >= 4 is 46.6 Å². The van der Waals surface area contributed by atoms with Crippen molar-refractivity contribution in [2.24, 2.45) is 10.7 Å². The second-order valence-corrected chi connectivity index (χ2v) is 10.6. The number of nitrogens with one attached hydrogen (secondary N) is 1. The molecule has 8 nitrogen and oxygen atoms in total. The average Bonchev–Trinajstić information content (AvgIpc) is 2.88. The average molecular weight is 541 g/mol. The van der Waals surface area contributed by atoms with Gasteiger partial charge < -0.3 is 26.6 Å². The lowest BCUT2D eigenvalue weighted by Gasteiger charge is -2.28. The second-order valence-electron chi connectivity index (χ2n) is 8.94. The summed E-state index contributed by atoms with van der Waals surface area (Å²) < 4.78 is 7.66. The SMILES string of the molecule is Cc1cc(-c2cc(O)ccc2Cl)cc(N)c1N=C(N)Nc1ccc(SN(C)CCN2CCOCC2)cc1. The Kier molecular flexibility index (Phi) is 9.18. The van der Waals surface area contributed by atoms with Crippen LogP contribution in [0.15, 0.2) is 64.5 Å². The minimum atomic E-state index is 0.134. The van der Waals surface area contributed by atoms with E-state index in [9.17, 15) is 5.11 Å². The van der Waals surface area contributed by atoms with Crippen molar-refractivity contribution < 1.29 is 9.84 Å². The van der Waals surface area contributed by atoms with Gasteiger partial charge in [0, 0.05) is 47.3 Å². The van der Waals surface area contributed by atoms with Crippen LogP contribution in [-0.4, -0.2) is 66.7 Å². The van der Waals surface area contributed by atoms with Gasteiger partial charge in [0.2, 0.25) is 0 Å². The van der Waals surface area contributed by atoms with Crippen LogP contribution < -0.4 is 16.8 Å². The molecule has 1 aliphatic heterocycles. The van der Waals surface area contributed by atoms with E-state index in [1.54, 1.807) is 36.2 Å². The number of morpholine rings is 1. The van der Waals surface area contributed by atoms with E-state index in [4.69, 9.17) is 27.8 Å². The number of likely N-dealkylation sites (N-methyl/N-ethyl adjacent to an activating group) is 1. The van der Waals surface area contributed by atoms with E-state index in [1.807, 2.05) is 25.1 Å². The number of hydrogen-bond acceptors (Lipinski definition) is 7. The molecule has 10 heteroatoms. The molecule has 1 fully saturated rings. The molecule has 0 radical (unpaired) electrons. The van der Waals surface area contributed by atoms with E-state index in [0.717, 1.165) is 61.1 Å². The Labute approximate surface area is 227 Å². The number of benzene rings is 3. The van der Waals surface area contributed by atoms with Gasteiger partial charge in [-0.1, -0.05) is 11.6 Å². The maximum Gasteiger partial charge on any atom is 0.198 e. The Morgan fingerprint density at radius 2 is 1.89 bits per heavy atom. The fourth-order valence-corrected chi connectivity index (χ4v) is 5.09. The van der Waals surface area contributed by atoms with Gasteiger partial charge in [-0.15, -0.1) is 0 Å². The van der Waals surface area contributed by atoms with Gasteiger partial charge in [0.25, 0.3) is 0 Å². The van der Waals surface area contributed by atoms with E-state index in [2.05, 4.69) is 38.7 Å². The highest BCUT2D eigenvalue weighted by atomic mass is 35.5. The first-order chi connectivity index (χ1) is 17.8. The minimum Gasteiger partial charge on any atom is -0.508 e. The third-order valence-corrected chi connectivity index (χ3v) is 7.35. The maximum absolute atomic E-state index is 9.84. The Hall–Kier alpha value is -2.95. The van der Waals surface area contributed by atoms with Crippen LogP contribution >= 0.6 is 23.5 Å². The fourth-order valence-electron chi connectivity index (χ4n) is 4.08. The second kappa shape index (κ2) is 12.5. The van der Waals surface area contributed by atoms with Crippen molar-refractivity contribution in [2.75, 3.05) is 57.5 Å². The molecule has 1 saturated heterocycles. The summed E-state index contributed by atoms with van der Waals surface area (Å²) >= 11 is 8.03. The number of rotatable bonds is 8. The standard InChI is InChI=1S/C27H33ClN6O2S/c1-18-15-19(23-17-21(35)5-8-24(23)28)16-25(29)26(18)32-27(30)31-20-3-6-22(7-4-20)37-33(2)9-10-34-11-13-36-14-12-34/h3-8,15-17,35H,9-14,29H2,1-2H3,(H3,30,31,32). The van der Waals surface area contributed by atoms with Gasteiger partial charge in [-0.05, 0) is 91.6 Å². The molecule has 0 spiro atoms. The summed E-state index contributed by atoms with van der Waals surface area (Å²) in [6.07, 6.45) is 0. The topological polar surface area (TPSA) is 112 Å². The highest BCUT2D eigenvalue weighted by Crippen LogP contribution is 2.37. The lowest BCUT2D eigenvalue weighted by molar-refractivity contribution is 0.0370. The van der Waals surface area contributed by atoms with Crippen molar-refractivity contribution in [1.82, 2.24) is 9.21 Å². The Balaban J connectivity index is 1.37. The predicted molar refractivity (Wildman–Crippen MR) is 155 cm³/mol. The van der Waals surface area contributed by atoms with Crippen LogP contribution in [0.2, 0.25) is 5.02 Å². The van der Waals surface area contributed by atoms with Gasteiger partial charge >= 0.3 is 0 Å². The molecule has 37 heavy (non-hydrogen) atoms. The number of halogens is 1. The van der Waals surface area contributed by atoms with Gasteiger partial charge in [-0.3, -0.25) is 4.90 Å². The lowest BCUT2D eigenvalue weighted by atomic mass is 10.0. The molecule has 0 saturated carbocycles. The van der Waals surface area contributed by atoms with Crippen molar-refractivity contribution in [3.8, 4) is 16.9 Å². The van der Waals surface area contributed by atoms with Crippen molar-refractivity contribution in [1.29, 1.82) is 0 Å². The van der Waals surface area contributed by atoms with Crippen LogP contribution in [0.3, 0.4) is 0 Å². The molecule has 0 bridgehead atoms. The van der Waals surface area contributed by atoms with Crippen molar-refractivity contribution in [3.05, 3.63) is 65.2 Å². The molecule has 0 unspecified atom stereocenters. The molecule has 1 heterocycles. The number of guanidine groups is 1. The maximum atomic E-state index is 9.84. The summed E-state index contributed by atoms with van der Waals surface area (Å²) in [6.45, 7) is 7.56. The predicted octanol–water partition coefficient (Wildman–Crippen LogP) is 4.93. The van der Waals surface area contributed by atoms with Crippen molar-refractivity contribution in [3.63, 3.8) is 0 Å². The van der Waals surface area contributed by atoms with Crippen molar-refractivity contribution in [2.45, 2.75) is 11.8 Å². The first kappa shape index (κ1) is 27.1. The van der Waals surface area contributed by atoms with Crippen LogP contribution in [0, 0.1) is 6.92 Å². The molecule has 4 rings (SSSR count). The Bertz CT molecular complexity index is 1230. The molecule has 0 aromatic heterocycles. The molecule has 0 aliphatic carbocycles. The number of hydrogen-bond donors (Lipinski definition) is 4. The smallest absolute Gasteiger partial charge is 0.198 e. The monoisotopic (exact) mass is 540 g/mol. The zero-order valence-corrected chi connectivity index (χ0v) is 22.6. The van der Waals surface area contributed by atoms with Crippen LogP contribution in [0.1, 0.15) is 5.56 Å². The third-order valence-electron chi connectivity index (χ3n) is 6.05. The molecule has 0 amide bonds. The van der Waals surface area contributed by atoms with Gasteiger partial charge in [0.1, 0.15) is 5.75 Å². The largest absolute Gasteiger partial charge is 0.508 e. The van der Waals surface area contributed by atoms with Gasteiger partial charge in [0.05, 0.1) is 24.6 Å². The van der Waals surface area contributed by atoms with Crippen LogP contribution in [0.5, 0.6) is 5.75 Å². The highest BCUT2D eigenvalue weighted by Gasteiger charge is 2.13. The summed E-state index contributed by atoms with van der Waals surface area (Å²) in [7, 11) is 2.11. The fraction of sp³-hybridized carbons (Fsp3) is 0.296. The summed E-state index contributed by atoms with van der Waals surface area (Å²) in [4.78, 5) is 8.09. The summed E-state index contributed by atoms with van der Waals surface area (Å²) in [5.74, 6) is 0.371. The Morgan fingerprint density at radius 1 is 1.16 bits per heavy atom. The zero-order chi connectivity index (χ0) is 26.4. The van der Waals surface area contributed by atoms with E-state index in [-0.39, 0.29) is 11.7 Å². The quantitative estimate of drug-likeness (QED) is 0.138. The van der Waals surface area contributed by atoms with Crippen LogP contribution in [0.4, 0.5) is 17.1 Å². The molecule has 3 aromatic rings. The van der Waals surface area contributed by atoms with Crippen LogP contribution in [-0.2, 0) is 4.74 Å². The van der Waals surface area contributed by atoms with Crippen LogP contribution in [0.25, 0.3) is 11.1 Å². The first-order valence-electron chi connectivity index (χ1n) is 12.1. The number of aromatic hydroxyl groups is 1. The molecular weight excluding hydrogens is 508 g/mol. The summed E-state index contributed by atoms with van der Waals surface area (Å²) in [6, 6.07) is 16.6. The van der Waals surface area contributed by atoms with Gasteiger partial charge in [-0.2, -0.15) is 0 Å². The summed E-state index contributed by atoms with van der Waals surface area (Å²) in [5, 5.41) is 13.5.